The average molecular weight is 404 g/mol. The zero-order valence-electron chi connectivity index (χ0n) is 9.06. The highest BCUT2D eigenvalue weighted by atomic mass is 79.9. The lowest BCUT2D eigenvalue weighted by Crippen LogP contribution is -1.96. The van der Waals surface area contributed by atoms with E-state index in [0.29, 0.717) is 0 Å². The first-order valence-corrected chi connectivity index (χ1v) is 8.59. The second-order valence-electron chi connectivity index (χ2n) is 3.89. The summed E-state index contributed by atoms with van der Waals surface area (Å²) in [6.45, 7) is 0. The third-order valence-electron chi connectivity index (χ3n) is 2.78. The van der Waals surface area contributed by atoms with Crippen LogP contribution in [0.5, 0.6) is 0 Å². The van der Waals surface area contributed by atoms with Crippen LogP contribution in [-0.4, -0.2) is 5.11 Å². The summed E-state index contributed by atoms with van der Waals surface area (Å²) >= 11 is 10.2. The van der Waals surface area contributed by atoms with E-state index in [2.05, 4.69) is 37.9 Å². The Hall–Kier alpha value is -0.200. The summed E-state index contributed by atoms with van der Waals surface area (Å²) in [4.78, 5) is 0. The van der Waals surface area contributed by atoms with Gasteiger partial charge in [-0.05, 0) is 65.7 Å². The Kier molecular flexibility index (Phi) is 3.60. The van der Waals surface area contributed by atoms with Crippen molar-refractivity contribution in [2.75, 3.05) is 0 Å². The maximum atomic E-state index is 10.5. The van der Waals surface area contributed by atoms with Crippen LogP contribution in [0.4, 0.5) is 0 Å². The molecule has 0 fully saturated rings. The predicted molar refractivity (Wildman–Crippen MR) is 85.6 cm³/mol. The molecule has 1 N–H and O–H groups in total. The molecule has 0 saturated carbocycles. The van der Waals surface area contributed by atoms with E-state index in [9.17, 15) is 5.11 Å². The van der Waals surface area contributed by atoms with Crippen molar-refractivity contribution in [2.45, 2.75) is 6.10 Å². The number of aliphatic hydroxyl groups excluding tert-OH is 1. The van der Waals surface area contributed by atoms with Crippen LogP contribution < -0.4 is 0 Å². The van der Waals surface area contributed by atoms with E-state index in [0.717, 1.165) is 24.8 Å². The zero-order valence-corrected chi connectivity index (χ0v) is 13.9. The molecule has 0 aliphatic heterocycles. The Labute approximate surface area is 129 Å². The van der Waals surface area contributed by atoms with E-state index in [-0.39, 0.29) is 0 Å². The van der Waals surface area contributed by atoms with Gasteiger partial charge in [0.2, 0.25) is 0 Å². The highest BCUT2D eigenvalue weighted by molar-refractivity contribution is 9.11. The molecule has 2 heterocycles. The molecule has 0 saturated heterocycles. The van der Waals surface area contributed by atoms with Crippen molar-refractivity contribution in [1.82, 2.24) is 0 Å². The third kappa shape index (κ3) is 2.18. The van der Waals surface area contributed by atoms with Crippen LogP contribution >= 0.6 is 54.5 Å². The second-order valence-corrected chi connectivity index (χ2v) is 7.92. The van der Waals surface area contributed by atoms with Gasteiger partial charge >= 0.3 is 0 Å². The molecule has 0 radical (unpaired) electrons. The summed E-state index contributed by atoms with van der Waals surface area (Å²) in [7, 11) is 0. The topological polar surface area (TPSA) is 20.2 Å². The van der Waals surface area contributed by atoms with E-state index < -0.39 is 6.10 Å². The van der Waals surface area contributed by atoms with Gasteiger partial charge in [-0.15, -0.1) is 22.7 Å². The van der Waals surface area contributed by atoms with Gasteiger partial charge in [-0.1, -0.05) is 12.1 Å². The van der Waals surface area contributed by atoms with E-state index in [4.69, 9.17) is 0 Å². The first kappa shape index (κ1) is 12.8. The van der Waals surface area contributed by atoms with Gasteiger partial charge in [0.15, 0.2) is 0 Å². The normalized spacial score (nSPS) is 13.1. The maximum absolute atomic E-state index is 10.5. The van der Waals surface area contributed by atoms with Crippen molar-refractivity contribution >= 4 is 64.6 Å². The van der Waals surface area contributed by atoms with Gasteiger partial charge in [0.1, 0.15) is 6.10 Å². The SMILES string of the molecule is OC(c1csc(Br)c1)c1csc2c(Br)cccc12. The fourth-order valence-corrected chi connectivity index (χ4v) is 4.74. The lowest BCUT2D eigenvalue weighted by atomic mass is 10.0. The molecule has 3 aromatic rings. The van der Waals surface area contributed by atoms with E-state index in [1.54, 1.807) is 22.7 Å². The summed E-state index contributed by atoms with van der Waals surface area (Å²) in [5.74, 6) is 0. The highest BCUT2D eigenvalue weighted by Crippen LogP contribution is 2.38. The minimum Gasteiger partial charge on any atom is -0.384 e. The first-order valence-electron chi connectivity index (χ1n) is 5.24. The number of hydrogen-bond acceptors (Lipinski definition) is 3. The number of thiophene rings is 2. The van der Waals surface area contributed by atoms with Crippen molar-refractivity contribution in [3.05, 3.63) is 54.4 Å². The van der Waals surface area contributed by atoms with Crippen molar-refractivity contribution in [2.24, 2.45) is 0 Å². The number of hydrogen-bond donors (Lipinski definition) is 1. The van der Waals surface area contributed by atoms with Gasteiger partial charge in [-0.2, -0.15) is 0 Å². The summed E-state index contributed by atoms with van der Waals surface area (Å²) in [6.07, 6.45) is -0.560. The maximum Gasteiger partial charge on any atom is 0.106 e. The fraction of sp³-hybridized carbons (Fsp3) is 0.0769. The lowest BCUT2D eigenvalue weighted by Gasteiger charge is -2.07. The number of aliphatic hydroxyl groups is 1. The van der Waals surface area contributed by atoms with Gasteiger partial charge in [-0.3, -0.25) is 0 Å². The Morgan fingerprint density at radius 2 is 1.94 bits per heavy atom. The summed E-state index contributed by atoms with van der Waals surface area (Å²) in [5.41, 5.74) is 1.91. The molecule has 0 aliphatic carbocycles. The molecular weight excluding hydrogens is 396 g/mol. The smallest absolute Gasteiger partial charge is 0.106 e. The number of rotatable bonds is 2. The molecule has 2 aromatic heterocycles. The largest absolute Gasteiger partial charge is 0.384 e. The molecule has 1 atom stereocenters. The van der Waals surface area contributed by atoms with Gasteiger partial charge in [0, 0.05) is 14.7 Å². The van der Waals surface area contributed by atoms with Crippen LogP contribution in [0.1, 0.15) is 17.2 Å². The number of benzene rings is 1. The van der Waals surface area contributed by atoms with Crippen LogP contribution in [0, 0.1) is 0 Å². The van der Waals surface area contributed by atoms with Crippen molar-refractivity contribution < 1.29 is 5.11 Å². The van der Waals surface area contributed by atoms with Crippen molar-refractivity contribution in [3.63, 3.8) is 0 Å². The standard InChI is InChI=1S/C13H8Br2OS2/c14-10-3-1-2-8-9(6-18-13(8)10)12(16)7-4-11(15)17-5-7/h1-6,12,16H. The van der Waals surface area contributed by atoms with E-state index in [1.807, 2.05) is 29.0 Å². The van der Waals surface area contributed by atoms with Crippen LogP contribution in [-0.2, 0) is 0 Å². The Morgan fingerprint density at radius 3 is 2.67 bits per heavy atom. The third-order valence-corrected chi connectivity index (χ3v) is 6.27. The zero-order chi connectivity index (χ0) is 12.7. The lowest BCUT2D eigenvalue weighted by molar-refractivity contribution is 0.223. The van der Waals surface area contributed by atoms with Crippen molar-refractivity contribution in [3.8, 4) is 0 Å². The molecule has 18 heavy (non-hydrogen) atoms. The molecule has 1 aromatic carbocycles. The van der Waals surface area contributed by atoms with Crippen LogP contribution in [0.25, 0.3) is 10.1 Å². The highest BCUT2D eigenvalue weighted by Gasteiger charge is 2.17. The minimum atomic E-state index is -0.560. The second kappa shape index (κ2) is 5.06. The Morgan fingerprint density at radius 1 is 1.11 bits per heavy atom. The minimum absolute atomic E-state index is 0.560. The predicted octanol–water partition coefficient (Wildman–Crippen LogP) is 5.57. The molecule has 0 amide bonds. The monoisotopic (exact) mass is 402 g/mol. The molecule has 0 aliphatic rings. The van der Waals surface area contributed by atoms with E-state index >= 15 is 0 Å². The quantitative estimate of drug-likeness (QED) is 0.592. The molecule has 3 rings (SSSR count). The first-order chi connectivity index (χ1) is 8.66. The number of halogens is 2. The fourth-order valence-electron chi connectivity index (χ4n) is 1.90. The molecule has 1 nitrogen and oxygen atoms in total. The van der Waals surface area contributed by atoms with Gasteiger partial charge in [-0.25, -0.2) is 0 Å². The van der Waals surface area contributed by atoms with Gasteiger partial charge < -0.3 is 5.11 Å². The van der Waals surface area contributed by atoms with E-state index in [1.165, 1.54) is 4.70 Å². The Bertz CT molecular complexity index is 702. The molecule has 5 heteroatoms. The molecule has 0 bridgehead atoms. The summed E-state index contributed by atoms with van der Waals surface area (Å²) in [6, 6.07) is 8.04. The molecule has 1 unspecified atom stereocenters. The van der Waals surface area contributed by atoms with Crippen LogP contribution in [0.15, 0.2) is 43.3 Å². The van der Waals surface area contributed by atoms with Crippen LogP contribution in [0.2, 0.25) is 0 Å². The number of fused-ring (bicyclic) bond motifs is 1. The van der Waals surface area contributed by atoms with Crippen molar-refractivity contribution in [1.29, 1.82) is 0 Å². The van der Waals surface area contributed by atoms with Gasteiger partial charge in [0.05, 0.1) is 3.79 Å². The summed E-state index contributed by atoms with van der Waals surface area (Å²) < 4.78 is 3.30. The molecular formula is C13H8Br2OS2. The molecule has 0 spiro atoms. The van der Waals surface area contributed by atoms with Crippen LogP contribution in [0.3, 0.4) is 0 Å². The average Bonchev–Trinajstić information content (AvgIpc) is 2.95. The summed E-state index contributed by atoms with van der Waals surface area (Å²) in [5, 5.41) is 15.6. The Balaban J connectivity index is 2.12. The van der Waals surface area contributed by atoms with Gasteiger partial charge in [0.25, 0.3) is 0 Å². The molecule has 92 valence electrons.